The number of aryl methyl sites for hydroxylation is 1. The zero-order valence-corrected chi connectivity index (χ0v) is 16.3. The average Bonchev–Trinajstić information content (AvgIpc) is 3.36. The minimum absolute atomic E-state index is 0.232. The molecule has 4 aromatic rings. The van der Waals surface area contributed by atoms with Crippen molar-refractivity contribution in [2.75, 3.05) is 5.32 Å². The van der Waals surface area contributed by atoms with Crippen molar-refractivity contribution in [3.05, 3.63) is 83.4 Å². The first-order valence-electron chi connectivity index (χ1n) is 8.80. The van der Waals surface area contributed by atoms with Crippen LogP contribution in [0.15, 0.2) is 66.3 Å². The predicted octanol–water partition coefficient (Wildman–Crippen LogP) is 4.51. The van der Waals surface area contributed by atoms with Crippen molar-refractivity contribution >= 4 is 22.9 Å². The second kappa shape index (κ2) is 8.24. The molecule has 0 spiro atoms. The van der Waals surface area contributed by atoms with Crippen LogP contribution in [0.3, 0.4) is 0 Å². The number of hydrogen-bond donors (Lipinski definition) is 1. The molecule has 2 heterocycles. The van der Waals surface area contributed by atoms with Gasteiger partial charge in [-0.1, -0.05) is 18.2 Å². The SMILES string of the molecule is Cn1cc(-c2nc(C(=O)Nc3cccc(OCc4cccc(F)c4)c3)cs2)cn1. The molecule has 2 aromatic heterocycles. The molecular weight excluding hydrogens is 391 g/mol. The highest BCUT2D eigenvalue weighted by Crippen LogP contribution is 2.24. The van der Waals surface area contributed by atoms with E-state index in [1.165, 1.54) is 23.5 Å². The normalized spacial score (nSPS) is 10.7. The van der Waals surface area contributed by atoms with Gasteiger partial charge < -0.3 is 10.1 Å². The van der Waals surface area contributed by atoms with Crippen LogP contribution in [0.1, 0.15) is 16.1 Å². The molecule has 0 aliphatic carbocycles. The van der Waals surface area contributed by atoms with Gasteiger partial charge in [-0.3, -0.25) is 9.48 Å². The van der Waals surface area contributed by atoms with Crippen LogP contribution in [0.2, 0.25) is 0 Å². The summed E-state index contributed by atoms with van der Waals surface area (Å²) in [5.41, 5.74) is 2.51. The van der Waals surface area contributed by atoms with Crippen LogP contribution in [0, 0.1) is 5.82 Å². The molecule has 1 amide bonds. The Labute approximate surface area is 170 Å². The quantitative estimate of drug-likeness (QED) is 0.510. The number of nitrogens with one attached hydrogen (secondary N) is 1. The number of halogens is 1. The number of rotatable bonds is 6. The highest BCUT2D eigenvalue weighted by Gasteiger charge is 2.13. The third-order valence-electron chi connectivity index (χ3n) is 4.08. The van der Waals surface area contributed by atoms with Crippen molar-refractivity contribution in [2.45, 2.75) is 6.61 Å². The lowest BCUT2D eigenvalue weighted by Gasteiger charge is -2.09. The molecule has 29 heavy (non-hydrogen) atoms. The summed E-state index contributed by atoms with van der Waals surface area (Å²) in [6.45, 7) is 0.232. The fraction of sp³-hybridized carbons (Fsp3) is 0.0952. The predicted molar refractivity (Wildman–Crippen MR) is 109 cm³/mol. The van der Waals surface area contributed by atoms with Gasteiger partial charge in [0, 0.05) is 35.9 Å². The number of nitrogens with zero attached hydrogens (tertiary/aromatic N) is 3. The summed E-state index contributed by atoms with van der Waals surface area (Å²) < 4.78 is 20.6. The average molecular weight is 408 g/mol. The highest BCUT2D eigenvalue weighted by molar-refractivity contribution is 7.13. The van der Waals surface area contributed by atoms with Gasteiger partial charge in [0.1, 0.15) is 28.9 Å². The maximum atomic E-state index is 13.3. The number of amides is 1. The van der Waals surface area contributed by atoms with Gasteiger partial charge in [0.05, 0.1) is 6.20 Å². The zero-order chi connectivity index (χ0) is 20.2. The molecule has 1 N–H and O–H groups in total. The molecule has 6 nitrogen and oxygen atoms in total. The van der Waals surface area contributed by atoms with Gasteiger partial charge >= 0.3 is 0 Å². The standard InChI is InChI=1S/C21H17FN4O2S/c1-26-11-15(10-23-26)21-25-19(13-29-21)20(27)24-17-6-3-7-18(9-17)28-12-14-4-2-5-16(22)8-14/h2-11,13H,12H2,1H3,(H,24,27). The summed E-state index contributed by atoms with van der Waals surface area (Å²) in [6, 6.07) is 13.3. The third kappa shape index (κ3) is 4.67. The lowest BCUT2D eigenvalue weighted by Crippen LogP contribution is -2.12. The molecule has 2 aromatic carbocycles. The number of carbonyl (C=O) groups excluding carboxylic acids is 1. The van der Waals surface area contributed by atoms with Crippen molar-refractivity contribution in [1.82, 2.24) is 14.8 Å². The Morgan fingerprint density at radius 1 is 1.24 bits per heavy atom. The number of anilines is 1. The Kier molecular flexibility index (Phi) is 5.35. The molecule has 0 fully saturated rings. The number of ether oxygens (including phenoxy) is 1. The summed E-state index contributed by atoms with van der Waals surface area (Å²) in [5, 5.41) is 9.38. The lowest BCUT2D eigenvalue weighted by molar-refractivity contribution is 0.102. The Balaban J connectivity index is 1.41. The van der Waals surface area contributed by atoms with Crippen LogP contribution < -0.4 is 10.1 Å². The van der Waals surface area contributed by atoms with E-state index in [1.807, 2.05) is 13.2 Å². The molecule has 0 aliphatic heterocycles. The topological polar surface area (TPSA) is 69.0 Å². The molecule has 0 aliphatic rings. The van der Waals surface area contributed by atoms with Crippen LogP contribution >= 0.6 is 11.3 Å². The van der Waals surface area contributed by atoms with E-state index in [0.29, 0.717) is 17.1 Å². The van der Waals surface area contributed by atoms with E-state index >= 15 is 0 Å². The van der Waals surface area contributed by atoms with Gasteiger partial charge in [0.2, 0.25) is 0 Å². The highest BCUT2D eigenvalue weighted by atomic mass is 32.1. The van der Waals surface area contributed by atoms with E-state index in [0.717, 1.165) is 16.1 Å². The molecule has 0 bridgehead atoms. The third-order valence-corrected chi connectivity index (χ3v) is 4.97. The first-order chi connectivity index (χ1) is 14.1. The maximum absolute atomic E-state index is 13.3. The van der Waals surface area contributed by atoms with Crippen LogP contribution in [0.4, 0.5) is 10.1 Å². The number of hydrogen-bond acceptors (Lipinski definition) is 5. The second-order valence-corrected chi connectivity index (χ2v) is 7.20. The molecule has 0 saturated heterocycles. The van der Waals surface area contributed by atoms with E-state index in [2.05, 4.69) is 15.4 Å². The maximum Gasteiger partial charge on any atom is 0.275 e. The van der Waals surface area contributed by atoms with Gasteiger partial charge in [-0.2, -0.15) is 5.10 Å². The van der Waals surface area contributed by atoms with Crippen molar-refractivity contribution in [3.8, 4) is 16.3 Å². The van der Waals surface area contributed by atoms with Crippen molar-refractivity contribution in [3.63, 3.8) is 0 Å². The molecule has 0 radical (unpaired) electrons. The first-order valence-corrected chi connectivity index (χ1v) is 9.68. The van der Waals surface area contributed by atoms with Crippen molar-refractivity contribution < 1.29 is 13.9 Å². The molecule has 146 valence electrons. The summed E-state index contributed by atoms with van der Waals surface area (Å²) in [6.07, 6.45) is 3.56. The van der Waals surface area contributed by atoms with Gasteiger partial charge in [0.25, 0.3) is 5.91 Å². The number of thiazole rings is 1. The number of aromatic nitrogens is 3. The smallest absolute Gasteiger partial charge is 0.275 e. The Bertz CT molecular complexity index is 1150. The van der Waals surface area contributed by atoms with E-state index in [9.17, 15) is 9.18 Å². The van der Waals surface area contributed by atoms with E-state index in [4.69, 9.17) is 4.74 Å². The second-order valence-electron chi connectivity index (χ2n) is 6.34. The minimum atomic E-state index is -0.307. The van der Waals surface area contributed by atoms with Crippen molar-refractivity contribution in [1.29, 1.82) is 0 Å². The molecule has 0 atom stereocenters. The van der Waals surface area contributed by atoms with Crippen LogP contribution in [-0.4, -0.2) is 20.7 Å². The summed E-state index contributed by atoms with van der Waals surface area (Å²) in [5.74, 6) is -0.0407. The Morgan fingerprint density at radius 2 is 2.10 bits per heavy atom. The Hall–Kier alpha value is -3.52. The summed E-state index contributed by atoms with van der Waals surface area (Å²) >= 11 is 1.38. The molecule has 0 saturated carbocycles. The minimum Gasteiger partial charge on any atom is -0.489 e. The zero-order valence-electron chi connectivity index (χ0n) is 15.5. The van der Waals surface area contributed by atoms with E-state index in [-0.39, 0.29) is 18.3 Å². The van der Waals surface area contributed by atoms with Gasteiger partial charge in [-0.05, 0) is 29.8 Å². The fourth-order valence-electron chi connectivity index (χ4n) is 2.69. The van der Waals surface area contributed by atoms with Gasteiger partial charge in [-0.15, -0.1) is 11.3 Å². The van der Waals surface area contributed by atoms with Gasteiger partial charge in [0.15, 0.2) is 0 Å². The molecule has 8 heteroatoms. The van der Waals surface area contributed by atoms with E-state index in [1.54, 1.807) is 52.7 Å². The van der Waals surface area contributed by atoms with Crippen molar-refractivity contribution in [2.24, 2.45) is 7.05 Å². The Morgan fingerprint density at radius 3 is 2.90 bits per heavy atom. The number of carbonyl (C=O) groups is 1. The molecular formula is C21H17FN4O2S. The number of benzene rings is 2. The molecule has 0 unspecified atom stereocenters. The first kappa shape index (κ1) is 18.8. The fourth-order valence-corrected chi connectivity index (χ4v) is 3.47. The van der Waals surface area contributed by atoms with Gasteiger partial charge in [-0.25, -0.2) is 9.37 Å². The van der Waals surface area contributed by atoms with Crippen LogP contribution in [0.5, 0.6) is 5.75 Å². The summed E-state index contributed by atoms with van der Waals surface area (Å²) in [7, 11) is 1.83. The van der Waals surface area contributed by atoms with E-state index < -0.39 is 0 Å². The van der Waals surface area contributed by atoms with Crippen LogP contribution in [0.25, 0.3) is 10.6 Å². The molecule has 4 rings (SSSR count). The largest absolute Gasteiger partial charge is 0.489 e. The van der Waals surface area contributed by atoms with Crippen LogP contribution in [-0.2, 0) is 13.7 Å². The lowest BCUT2D eigenvalue weighted by atomic mass is 10.2. The summed E-state index contributed by atoms with van der Waals surface area (Å²) in [4.78, 5) is 16.9. The monoisotopic (exact) mass is 408 g/mol.